The van der Waals surface area contributed by atoms with Crippen molar-refractivity contribution in [1.29, 1.82) is 0 Å². The molecule has 0 radical (unpaired) electrons. The molecule has 0 bridgehead atoms. The van der Waals surface area contributed by atoms with Gasteiger partial charge in [0.2, 0.25) is 15.9 Å². The topological polar surface area (TPSA) is 154 Å². The van der Waals surface area contributed by atoms with E-state index in [1.54, 1.807) is 41.7 Å². The zero-order valence-corrected chi connectivity index (χ0v) is 20.0. The van der Waals surface area contributed by atoms with Crippen LogP contribution in [-0.4, -0.2) is 58.1 Å². The number of rotatable bonds is 7. The van der Waals surface area contributed by atoms with Crippen molar-refractivity contribution in [2.45, 2.75) is 33.2 Å². The van der Waals surface area contributed by atoms with E-state index in [-0.39, 0.29) is 28.5 Å². The van der Waals surface area contributed by atoms with E-state index in [9.17, 15) is 18.0 Å². The lowest BCUT2D eigenvalue weighted by atomic mass is 9.93. The van der Waals surface area contributed by atoms with E-state index in [0.717, 1.165) is 18.5 Å². The summed E-state index contributed by atoms with van der Waals surface area (Å²) in [6.07, 6.45) is 3.05. The molecule has 11 heteroatoms. The van der Waals surface area contributed by atoms with Crippen molar-refractivity contribution in [3.63, 3.8) is 0 Å². The lowest BCUT2D eigenvalue weighted by molar-refractivity contribution is 0.0996. The summed E-state index contributed by atoms with van der Waals surface area (Å²) < 4.78 is 27.6. The van der Waals surface area contributed by atoms with Crippen LogP contribution < -0.4 is 11.5 Å². The largest absolute Gasteiger partial charge is 0.366 e. The number of primary amides is 2. The van der Waals surface area contributed by atoms with Gasteiger partial charge in [-0.05, 0) is 38.7 Å². The van der Waals surface area contributed by atoms with E-state index in [1.807, 2.05) is 11.6 Å². The third-order valence-electron chi connectivity index (χ3n) is 6.51. The first-order valence-corrected chi connectivity index (χ1v) is 12.8. The second-order valence-corrected chi connectivity index (χ2v) is 10.8. The summed E-state index contributed by atoms with van der Waals surface area (Å²) in [5.41, 5.74) is 13.6. The molecule has 10 nitrogen and oxygen atoms in total. The lowest BCUT2D eigenvalue weighted by Gasteiger charge is -2.31. The number of piperidine rings is 1. The first kappa shape index (κ1) is 23.8. The van der Waals surface area contributed by atoms with Crippen LogP contribution >= 0.6 is 0 Å². The summed E-state index contributed by atoms with van der Waals surface area (Å²) in [7, 11) is -3.19. The molecule has 4 N–H and O–H groups in total. The van der Waals surface area contributed by atoms with E-state index in [4.69, 9.17) is 11.5 Å². The van der Waals surface area contributed by atoms with Crippen molar-refractivity contribution < 1.29 is 18.0 Å². The molecular weight excluding hydrogens is 456 g/mol. The molecule has 1 saturated heterocycles. The number of nitrogens with zero attached hydrogens (tertiary/aromatic N) is 4. The Bertz CT molecular complexity index is 1370. The predicted molar refractivity (Wildman–Crippen MR) is 128 cm³/mol. The Morgan fingerprint density at radius 1 is 1.12 bits per heavy atom. The van der Waals surface area contributed by atoms with Crippen molar-refractivity contribution in [2.75, 3.05) is 18.8 Å². The molecule has 1 fully saturated rings. The van der Waals surface area contributed by atoms with Crippen LogP contribution in [0.3, 0.4) is 0 Å². The highest BCUT2D eigenvalue weighted by atomic mass is 32.2. The maximum absolute atomic E-state index is 12.5. The zero-order chi connectivity index (χ0) is 24.6. The number of amides is 2. The molecule has 0 aliphatic carbocycles. The molecule has 0 saturated carbocycles. The number of carbonyl (C=O) groups excluding carboxylic acids is 2. The van der Waals surface area contributed by atoms with Gasteiger partial charge in [0.15, 0.2) is 0 Å². The Balaban J connectivity index is 1.70. The number of hydrogen-bond donors (Lipinski definition) is 2. The smallest absolute Gasteiger partial charge is 0.267 e. The van der Waals surface area contributed by atoms with Crippen molar-refractivity contribution in [2.24, 2.45) is 17.4 Å². The van der Waals surface area contributed by atoms with Crippen LogP contribution in [-0.2, 0) is 16.6 Å². The molecule has 2 amide bonds. The predicted octanol–water partition coefficient (Wildman–Crippen LogP) is 1.67. The molecule has 3 heterocycles. The number of carbonyl (C=O) groups is 2. The summed E-state index contributed by atoms with van der Waals surface area (Å²) in [4.78, 5) is 29.2. The van der Waals surface area contributed by atoms with Crippen LogP contribution in [0.1, 0.15) is 46.3 Å². The Morgan fingerprint density at radius 3 is 2.41 bits per heavy atom. The van der Waals surface area contributed by atoms with Gasteiger partial charge in [-0.2, -0.15) is 5.10 Å². The van der Waals surface area contributed by atoms with Crippen LogP contribution in [0.5, 0.6) is 0 Å². The third-order valence-corrected chi connectivity index (χ3v) is 8.39. The van der Waals surface area contributed by atoms with Crippen LogP contribution in [0.4, 0.5) is 0 Å². The number of sulfonamides is 1. The van der Waals surface area contributed by atoms with Gasteiger partial charge in [-0.1, -0.05) is 18.2 Å². The number of pyridine rings is 1. The second-order valence-electron chi connectivity index (χ2n) is 8.52. The van der Waals surface area contributed by atoms with Gasteiger partial charge in [-0.3, -0.25) is 14.3 Å². The van der Waals surface area contributed by atoms with Crippen molar-refractivity contribution in [3.05, 3.63) is 47.4 Å². The average molecular weight is 485 g/mol. The number of benzene rings is 1. The van der Waals surface area contributed by atoms with Gasteiger partial charge in [0.1, 0.15) is 5.69 Å². The molecule has 0 atom stereocenters. The number of hydrogen-bond acceptors (Lipinski definition) is 6. The number of nitrogens with two attached hydrogens (primary N) is 2. The Hall–Kier alpha value is -3.31. The van der Waals surface area contributed by atoms with E-state index in [1.165, 1.54) is 0 Å². The van der Waals surface area contributed by atoms with Gasteiger partial charge >= 0.3 is 0 Å². The number of aromatic nitrogens is 3. The van der Waals surface area contributed by atoms with Gasteiger partial charge in [0.25, 0.3) is 5.91 Å². The van der Waals surface area contributed by atoms with Gasteiger partial charge in [0, 0.05) is 41.8 Å². The zero-order valence-electron chi connectivity index (χ0n) is 19.2. The fourth-order valence-electron chi connectivity index (χ4n) is 4.58. The molecule has 2 aromatic heterocycles. The molecule has 4 rings (SSSR count). The monoisotopic (exact) mass is 484 g/mol. The Morgan fingerprint density at radius 2 is 1.79 bits per heavy atom. The Kier molecular flexibility index (Phi) is 6.41. The summed E-state index contributed by atoms with van der Waals surface area (Å²) in [5, 5.41) is 5.04. The molecule has 1 aliphatic heterocycles. The number of fused-ring (bicyclic) bond motifs is 1. The highest BCUT2D eigenvalue weighted by Gasteiger charge is 2.29. The minimum atomic E-state index is -3.19. The molecular formula is C23H28N6O4S. The van der Waals surface area contributed by atoms with Crippen molar-refractivity contribution >= 4 is 32.7 Å². The molecule has 0 unspecified atom stereocenters. The maximum atomic E-state index is 12.5. The standard InChI is InChI=1S/C23H28N6O4S/c1-3-34(32,33)28-10-8-15(9-11-28)13-29-14(2)17(12-26-29)19-20(22(24)30)16-6-4-5-7-18(16)27-21(19)23(25)31/h4-7,12,15H,3,8-11,13H2,1-2H3,(H2,24,30)(H2,25,31). The van der Waals surface area contributed by atoms with E-state index in [0.29, 0.717) is 36.1 Å². The maximum Gasteiger partial charge on any atom is 0.267 e. The summed E-state index contributed by atoms with van der Waals surface area (Å²) in [6, 6.07) is 6.95. The van der Waals surface area contributed by atoms with Gasteiger partial charge in [-0.25, -0.2) is 17.7 Å². The Labute approximate surface area is 198 Å². The SMILES string of the molecule is CCS(=O)(=O)N1CCC(Cn2ncc(-c3c(C(N)=O)nc4ccccc4c3C(N)=O)c2C)CC1. The summed E-state index contributed by atoms with van der Waals surface area (Å²) >= 11 is 0. The van der Waals surface area contributed by atoms with Crippen molar-refractivity contribution in [3.8, 4) is 11.1 Å². The van der Waals surface area contributed by atoms with E-state index >= 15 is 0 Å². The molecule has 3 aromatic rings. The molecule has 34 heavy (non-hydrogen) atoms. The third kappa shape index (κ3) is 4.28. The first-order valence-electron chi connectivity index (χ1n) is 11.2. The number of para-hydroxylation sites is 1. The second kappa shape index (κ2) is 9.15. The fraction of sp³-hybridized carbons (Fsp3) is 0.391. The minimum absolute atomic E-state index is 0.0340. The molecule has 1 aromatic carbocycles. The van der Waals surface area contributed by atoms with Crippen LogP contribution in [0.25, 0.3) is 22.0 Å². The average Bonchev–Trinajstić information content (AvgIpc) is 3.17. The van der Waals surface area contributed by atoms with E-state index < -0.39 is 21.8 Å². The summed E-state index contributed by atoms with van der Waals surface area (Å²) in [6.45, 7) is 5.06. The highest BCUT2D eigenvalue weighted by molar-refractivity contribution is 7.89. The molecule has 180 valence electrons. The van der Waals surface area contributed by atoms with Gasteiger partial charge in [0.05, 0.1) is 23.0 Å². The van der Waals surface area contributed by atoms with Crippen LogP contribution in [0.2, 0.25) is 0 Å². The van der Waals surface area contributed by atoms with Gasteiger partial charge < -0.3 is 11.5 Å². The van der Waals surface area contributed by atoms with Gasteiger partial charge in [-0.15, -0.1) is 0 Å². The minimum Gasteiger partial charge on any atom is -0.366 e. The van der Waals surface area contributed by atoms with Crippen LogP contribution in [0, 0.1) is 12.8 Å². The molecule has 1 aliphatic rings. The lowest BCUT2D eigenvalue weighted by Crippen LogP contribution is -2.40. The first-order chi connectivity index (χ1) is 16.1. The van der Waals surface area contributed by atoms with Crippen LogP contribution in [0.15, 0.2) is 30.5 Å². The summed E-state index contributed by atoms with van der Waals surface area (Å²) in [5.74, 6) is -1.10. The van der Waals surface area contributed by atoms with Crippen molar-refractivity contribution in [1.82, 2.24) is 19.1 Å². The quantitative estimate of drug-likeness (QED) is 0.520. The van der Waals surface area contributed by atoms with E-state index in [2.05, 4.69) is 10.1 Å². The fourth-order valence-corrected chi connectivity index (χ4v) is 5.71. The normalized spacial score (nSPS) is 15.6. The highest BCUT2D eigenvalue weighted by Crippen LogP contribution is 2.34. The molecule has 0 spiro atoms.